The number of aromatic nitrogens is 6. The SMILES string of the molecule is CCCCCn1c(CCC(=O)Nc2ccnn2C2CCCC2)nc2c1c(=O)[nH]c(=O)n2CCCC. The van der Waals surface area contributed by atoms with Gasteiger partial charge in [-0.05, 0) is 25.7 Å². The van der Waals surface area contributed by atoms with Gasteiger partial charge in [0.25, 0.3) is 5.56 Å². The minimum absolute atomic E-state index is 0.116. The lowest BCUT2D eigenvalue weighted by Gasteiger charge is -2.14. The van der Waals surface area contributed by atoms with Gasteiger partial charge in [0.15, 0.2) is 11.2 Å². The van der Waals surface area contributed by atoms with Crippen molar-refractivity contribution in [1.82, 2.24) is 28.9 Å². The third-order valence-electron chi connectivity index (χ3n) is 6.87. The smallest absolute Gasteiger partial charge is 0.322 e. The quantitative estimate of drug-likeness (QED) is 0.380. The molecular weight excluding hydrogens is 446 g/mol. The van der Waals surface area contributed by atoms with Crippen molar-refractivity contribution in [2.75, 3.05) is 5.32 Å². The van der Waals surface area contributed by atoms with E-state index in [2.05, 4.69) is 29.2 Å². The van der Waals surface area contributed by atoms with Crippen LogP contribution in [0.15, 0.2) is 21.9 Å². The van der Waals surface area contributed by atoms with Crippen molar-refractivity contribution in [2.45, 2.75) is 104 Å². The Kier molecular flexibility index (Phi) is 8.20. The molecule has 0 radical (unpaired) electrons. The fraction of sp³-hybridized carbons (Fsp3) is 0.640. The molecule has 3 aromatic heterocycles. The molecule has 0 saturated heterocycles. The summed E-state index contributed by atoms with van der Waals surface area (Å²) in [5.41, 5.74) is -0.0125. The maximum Gasteiger partial charge on any atom is 0.330 e. The number of aromatic amines is 1. The first-order valence-electron chi connectivity index (χ1n) is 13.1. The van der Waals surface area contributed by atoms with Crippen LogP contribution in [0, 0.1) is 0 Å². The van der Waals surface area contributed by atoms with Crippen molar-refractivity contribution in [3.05, 3.63) is 38.9 Å². The molecule has 35 heavy (non-hydrogen) atoms. The van der Waals surface area contributed by atoms with Gasteiger partial charge in [-0.25, -0.2) is 14.5 Å². The van der Waals surface area contributed by atoms with Crippen LogP contribution >= 0.6 is 0 Å². The Hall–Kier alpha value is -3.17. The molecule has 0 bridgehead atoms. The predicted molar refractivity (Wildman–Crippen MR) is 136 cm³/mol. The highest BCUT2D eigenvalue weighted by atomic mass is 16.2. The maximum absolute atomic E-state index is 12.9. The van der Waals surface area contributed by atoms with Crippen LogP contribution < -0.4 is 16.6 Å². The summed E-state index contributed by atoms with van der Waals surface area (Å²) in [5, 5.41) is 7.43. The molecule has 3 heterocycles. The van der Waals surface area contributed by atoms with Gasteiger partial charge in [-0.2, -0.15) is 5.10 Å². The number of H-pyrrole nitrogens is 1. The number of rotatable bonds is 12. The molecule has 0 unspecified atom stereocenters. The van der Waals surface area contributed by atoms with Crippen molar-refractivity contribution < 1.29 is 4.79 Å². The average molecular weight is 484 g/mol. The van der Waals surface area contributed by atoms with Crippen molar-refractivity contribution >= 4 is 22.9 Å². The number of amides is 1. The first-order valence-corrected chi connectivity index (χ1v) is 13.1. The number of carbonyl (C=O) groups is 1. The van der Waals surface area contributed by atoms with E-state index in [1.165, 1.54) is 12.8 Å². The van der Waals surface area contributed by atoms with Crippen molar-refractivity contribution in [3.63, 3.8) is 0 Å². The number of fused-ring (bicyclic) bond motifs is 1. The number of imidazole rings is 1. The Morgan fingerprint density at radius 2 is 1.83 bits per heavy atom. The molecule has 10 heteroatoms. The first-order chi connectivity index (χ1) is 17.0. The lowest BCUT2D eigenvalue weighted by molar-refractivity contribution is -0.116. The molecule has 1 fully saturated rings. The molecule has 4 rings (SSSR count). The van der Waals surface area contributed by atoms with Gasteiger partial charge in [0.1, 0.15) is 11.6 Å². The number of hydrogen-bond acceptors (Lipinski definition) is 5. The molecule has 1 aliphatic carbocycles. The summed E-state index contributed by atoms with van der Waals surface area (Å²) >= 11 is 0. The number of nitrogens with zero attached hydrogens (tertiary/aromatic N) is 5. The molecule has 1 amide bonds. The Morgan fingerprint density at radius 3 is 2.57 bits per heavy atom. The molecule has 0 aliphatic heterocycles. The van der Waals surface area contributed by atoms with Gasteiger partial charge in [-0.15, -0.1) is 0 Å². The second kappa shape index (κ2) is 11.5. The molecule has 1 aliphatic rings. The van der Waals surface area contributed by atoms with Gasteiger partial charge in [-0.1, -0.05) is 46.0 Å². The fourth-order valence-corrected chi connectivity index (χ4v) is 4.98. The highest BCUT2D eigenvalue weighted by Gasteiger charge is 2.22. The Labute approximate surface area is 204 Å². The topological polar surface area (TPSA) is 120 Å². The van der Waals surface area contributed by atoms with Crippen LogP contribution in [0.3, 0.4) is 0 Å². The average Bonchev–Trinajstić information content (AvgIpc) is 3.58. The highest BCUT2D eigenvalue weighted by Crippen LogP contribution is 2.31. The molecule has 1 saturated carbocycles. The van der Waals surface area contributed by atoms with Gasteiger partial charge < -0.3 is 9.88 Å². The normalized spacial score (nSPS) is 14.2. The summed E-state index contributed by atoms with van der Waals surface area (Å²) in [6.45, 7) is 5.31. The number of unbranched alkanes of at least 4 members (excludes halogenated alkanes) is 3. The summed E-state index contributed by atoms with van der Waals surface area (Å²) in [6.07, 6.45) is 11.6. The van der Waals surface area contributed by atoms with Crippen molar-refractivity contribution in [3.8, 4) is 0 Å². The van der Waals surface area contributed by atoms with Crippen LogP contribution in [0.4, 0.5) is 5.82 Å². The molecule has 0 spiro atoms. The summed E-state index contributed by atoms with van der Waals surface area (Å²) in [7, 11) is 0. The maximum atomic E-state index is 12.9. The van der Waals surface area contributed by atoms with E-state index in [4.69, 9.17) is 4.98 Å². The molecular formula is C25H37N7O3. The zero-order chi connectivity index (χ0) is 24.8. The molecule has 0 aromatic carbocycles. The van der Waals surface area contributed by atoms with E-state index < -0.39 is 11.2 Å². The zero-order valence-corrected chi connectivity index (χ0v) is 20.9. The standard InChI is InChI=1S/C25H37N7O3/c1-3-5-9-17-30-19(28-23-22(30)24(34)29-25(35)31(23)16-6-4-2)12-13-21(33)27-20-14-15-26-32(20)18-10-7-8-11-18/h14-15,18H,3-13,16-17H2,1-2H3,(H,27,33)(H,29,34,35). The summed E-state index contributed by atoms with van der Waals surface area (Å²) in [4.78, 5) is 45.3. The Bertz CT molecular complexity index is 1260. The van der Waals surface area contributed by atoms with Crippen molar-refractivity contribution in [2.24, 2.45) is 0 Å². The van der Waals surface area contributed by atoms with Crippen LogP contribution in [-0.4, -0.2) is 34.8 Å². The summed E-state index contributed by atoms with van der Waals surface area (Å²) < 4.78 is 5.39. The Balaban J connectivity index is 1.57. The number of carbonyl (C=O) groups excluding carboxylic acids is 1. The van der Waals surface area contributed by atoms with Gasteiger partial charge in [-0.3, -0.25) is 19.1 Å². The Morgan fingerprint density at radius 1 is 1.09 bits per heavy atom. The van der Waals surface area contributed by atoms with Crippen LogP contribution in [0.5, 0.6) is 0 Å². The minimum atomic E-state index is -0.432. The van der Waals surface area contributed by atoms with Crippen LogP contribution in [-0.2, 0) is 24.3 Å². The van der Waals surface area contributed by atoms with E-state index in [-0.39, 0.29) is 12.3 Å². The number of hydrogen-bond donors (Lipinski definition) is 2. The van der Waals surface area contributed by atoms with Gasteiger partial charge in [0, 0.05) is 32.0 Å². The van der Waals surface area contributed by atoms with Gasteiger partial charge >= 0.3 is 5.69 Å². The fourth-order valence-electron chi connectivity index (χ4n) is 4.98. The van der Waals surface area contributed by atoms with E-state index in [9.17, 15) is 14.4 Å². The number of aryl methyl sites for hydroxylation is 3. The van der Waals surface area contributed by atoms with Gasteiger partial charge in [0.2, 0.25) is 5.91 Å². The monoisotopic (exact) mass is 483 g/mol. The second-order valence-corrected chi connectivity index (χ2v) is 9.47. The highest BCUT2D eigenvalue weighted by molar-refractivity contribution is 5.90. The van der Waals surface area contributed by atoms with Gasteiger partial charge in [0.05, 0.1) is 12.2 Å². The number of nitrogens with one attached hydrogen (secondary N) is 2. The molecule has 0 atom stereocenters. The van der Waals surface area contributed by atoms with E-state index in [0.717, 1.165) is 50.8 Å². The number of anilines is 1. The van der Waals surface area contributed by atoms with Crippen LogP contribution in [0.2, 0.25) is 0 Å². The summed E-state index contributed by atoms with van der Waals surface area (Å²) in [6, 6.07) is 2.18. The van der Waals surface area contributed by atoms with E-state index in [0.29, 0.717) is 42.5 Å². The predicted octanol–water partition coefficient (Wildman–Crippen LogP) is 3.76. The zero-order valence-electron chi connectivity index (χ0n) is 20.9. The van der Waals surface area contributed by atoms with Crippen LogP contribution in [0.1, 0.15) is 89.9 Å². The van der Waals surface area contributed by atoms with E-state index >= 15 is 0 Å². The molecule has 2 N–H and O–H groups in total. The van der Waals surface area contributed by atoms with E-state index in [1.807, 2.05) is 15.3 Å². The van der Waals surface area contributed by atoms with E-state index in [1.54, 1.807) is 10.8 Å². The lowest BCUT2D eigenvalue weighted by Crippen LogP contribution is -2.31. The largest absolute Gasteiger partial charge is 0.330 e. The molecule has 10 nitrogen and oxygen atoms in total. The van der Waals surface area contributed by atoms with Crippen LogP contribution in [0.25, 0.3) is 11.2 Å². The third-order valence-corrected chi connectivity index (χ3v) is 6.87. The molecule has 3 aromatic rings. The van der Waals surface area contributed by atoms with Crippen molar-refractivity contribution in [1.29, 1.82) is 0 Å². The third kappa shape index (κ3) is 5.57. The second-order valence-electron chi connectivity index (χ2n) is 9.47. The summed E-state index contributed by atoms with van der Waals surface area (Å²) in [5.74, 6) is 1.27. The lowest BCUT2D eigenvalue weighted by atomic mass is 10.2. The molecule has 190 valence electrons. The minimum Gasteiger partial charge on any atom is -0.322 e. The first kappa shape index (κ1) is 24.9.